The van der Waals surface area contributed by atoms with E-state index in [2.05, 4.69) is 41.5 Å². The van der Waals surface area contributed by atoms with Gasteiger partial charge >= 0.3 is 0 Å². The highest BCUT2D eigenvalue weighted by Crippen LogP contribution is 2.65. The average Bonchev–Trinajstić information content (AvgIpc) is 2.33. The van der Waals surface area contributed by atoms with Gasteiger partial charge in [-0.15, -0.1) is 0 Å². The third kappa shape index (κ3) is 2.38. The van der Waals surface area contributed by atoms with Gasteiger partial charge in [-0.2, -0.15) is 0 Å². The molecule has 19 heavy (non-hydrogen) atoms. The SMILES string of the molecule is CCCC1C2(C)CCCC(C)(C)C2CC[C@@]1(C)CC. The molecule has 0 saturated heterocycles. The predicted molar refractivity (Wildman–Crippen MR) is 85.3 cm³/mol. The number of hydrogen-bond acceptors (Lipinski definition) is 0. The summed E-state index contributed by atoms with van der Waals surface area (Å²) in [5, 5.41) is 0. The Balaban J connectivity index is 2.37. The molecular formula is C19H36. The Labute approximate surface area is 121 Å². The fourth-order valence-electron chi connectivity index (χ4n) is 6.14. The lowest BCUT2D eigenvalue weighted by Crippen LogP contribution is -2.54. The Morgan fingerprint density at radius 3 is 2.21 bits per heavy atom. The van der Waals surface area contributed by atoms with Gasteiger partial charge in [-0.25, -0.2) is 0 Å². The first-order valence-electron chi connectivity index (χ1n) is 8.80. The Hall–Kier alpha value is 0. The molecule has 0 aromatic rings. The van der Waals surface area contributed by atoms with Crippen LogP contribution in [0.4, 0.5) is 0 Å². The third-order valence-corrected chi connectivity index (χ3v) is 7.30. The van der Waals surface area contributed by atoms with E-state index in [1.807, 2.05) is 0 Å². The Morgan fingerprint density at radius 1 is 0.947 bits per heavy atom. The van der Waals surface area contributed by atoms with Crippen molar-refractivity contribution in [2.45, 2.75) is 92.9 Å². The van der Waals surface area contributed by atoms with Crippen LogP contribution in [0, 0.1) is 28.1 Å². The van der Waals surface area contributed by atoms with Crippen molar-refractivity contribution in [3.8, 4) is 0 Å². The summed E-state index contributed by atoms with van der Waals surface area (Å²) in [6.07, 6.45) is 11.5. The fourth-order valence-corrected chi connectivity index (χ4v) is 6.14. The molecule has 2 fully saturated rings. The molecule has 4 atom stereocenters. The van der Waals surface area contributed by atoms with E-state index in [1.165, 1.54) is 51.4 Å². The number of hydrogen-bond donors (Lipinski definition) is 0. The Morgan fingerprint density at radius 2 is 1.63 bits per heavy atom. The number of fused-ring (bicyclic) bond motifs is 1. The van der Waals surface area contributed by atoms with Crippen LogP contribution in [-0.2, 0) is 0 Å². The van der Waals surface area contributed by atoms with E-state index in [1.54, 1.807) is 0 Å². The first kappa shape index (κ1) is 15.4. The molecule has 3 unspecified atom stereocenters. The van der Waals surface area contributed by atoms with Crippen molar-refractivity contribution >= 4 is 0 Å². The molecule has 112 valence electrons. The molecule has 0 aromatic carbocycles. The van der Waals surface area contributed by atoms with Crippen LogP contribution in [0.5, 0.6) is 0 Å². The zero-order chi connectivity index (χ0) is 14.3. The van der Waals surface area contributed by atoms with Gasteiger partial charge in [-0.3, -0.25) is 0 Å². The van der Waals surface area contributed by atoms with Gasteiger partial charge in [0, 0.05) is 0 Å². The second-order valence-electron chi connectivity index (χ2n) is 8.79. The highest BCUT2D eigenvalue weighted by atomic mass is 14.6. The second kappa shape index (κ2) is 5.08. The van der Waals surface area contributed by atoms with Gasteiger partial charge in [0.1, 0.15) is 0 Å². The minimum Gasteiger partial charge on any atom is -0.0654 e. The molecular weight excluding hydrogens is 228 g/mol. The van der Waals surface area contributed by atoms with Crippen LogP contribution in [0.25, 0.3) is 0 Å². The third-order valence-electron chi connectivity index (χ3n) is 7.30. The molecule has 0 aliphatic heterocycles. The zero-order valence-corrected chi connectivity index (χ0v) is 14.3. The molecule has 0 N–H and O–H groups in total. The number of rotatable bonds is 3. The van der Waals surface area contributed by atoms with Gasteiger partial charge in [0.25, 0.3) is 0 Å². The molecule has 0 spiro atoms. The van der Waals surface area contributed by atoms with Gasteiger partial charge in [0.15, 0.2) is 0 Å². The molecule has 0 nitrogen and oxygen atoms in total. The summed E-state index contributed by atoms with van der Waals surface area (Å²) < 4.78 is 0. The summed E-state index contributed by atoms with van der Waals surface area (Å²) in [5.74, 6) is 1.92. The van der Waals surface area contributed by atoms with Crippen LogP contribution in [0.3, 0.4) is 0 Å². The van der Waals surface area contributed by atoms with Crippen LogP contribution in [0.1, 0.15) is 92.9 Å². The Bertz CT molecular complexity index is 316. The lowest BCUT2D eigenvalue weighted by atomic mass is 9.42. The molecule has 2 aliphatic carbocycles. The minimum absolute atomic E-state index is 0.577. The maximum atomic E-state index is 2.66. The minimum atomic E-state index is 0.577. The summed E-state index contributed by atoms with van der Waals surface area (Å²) in [4.78, 5) is 0. The molecule has 0 bridgehead atoms. The van der Waals surface area contributed by atoms with Crippen LogP contribution in [-0.4, -0.2) is 0 Å². The molecule has 0 aromatic heterocycles. The van der Waals surface area contributed by atoms with E-state index in [0.717, 1.165) is 11.8 Å². The first-order chi connectivity index (χ1) is 8.80. The maximum Gasteiger partial charge on any atom is -0.0259 e. The van der Waals surface area contributed by atoms with Crippen molar-refractivity contribution in [1.29, 1.82) is 0 Å². The largest absolute Gasteiger partial charge is 0.0654 e. The van der Waals surface area contributed by atoms with Crippen molar-refractivity contribution in [3.05, 3.63) is 0 Å². The van der Waals surface area contributed by atoms with Gasteiger partial charge in [-0.05, 0) is 60.2 Å². The van der Waals surface area contributed by atoms with Crippen molar-refractivity contribution in [2.75, 3.05) is 0 Å². The van der Waals surface area contributed by atoms with Crippen molar-refractivity contribution < 1.29 is 0 Å². The van der Waals surface area contributed by atoms with E-state index < -0.39 is 0 Å². The maximum absolute atomic E-state index is 2.66. The molecule has 0 amide bonds. The van der Waals surface area contributed by atoms with Crippen molar-refractivity contribution in [3.63, 3.8) is 0 Å². The molecule has 0 radical (unpaired) electrons. The lowest BCUT2D eigenvalue weighted by Gasteiger charge is -2.63. The van der Waals surface area contributed by atoms with E-state index in [9.17, 15) is 0 Å². The lowest BCUT2D eigenvalue weighted by molar-refractivity contribution is -0.132. The second-order valence-corrected chi connectivity index (χ2v) is 8.79. The van der Waals surface area contributed by atoms with Crippen LogP contribution < -0.4 is 0 Å². The molecule has 2 aliphatic rings. The van der Waals surface area contributed by atoms with E-state index in [0.29, 0.717) is 16.2 Å². The Kier molecular flexibility index (Phi) is 4.11. The van der Waals surface area contributed by atoms with E-state index in [4.69, 9.17) is 0 Å². The van der Waals surface area contributed by atoms with E-state index in [-0.39, 0.29) is 0 Å². The van der Waals surface area contributed by atoms with Crippen LogP contribution in [0.15, 0.2) is 0 Å². The molecule has 0 heteroatoms. The van der Waals surface area contributed by atoms with E-state index >= 15 is 0 Å². The van der Waals surface area contributed by atoms with Gasteiger partial charge in [0.05, 0.1) is 0 Å². The quantitative estimate of drug-likeness (QED) is 0.550. The first-order valence-corrected chi connectivity index (χ1v) is 8.80. The smallest absolute Gasteiger partial charge is 0.0259 e. The van der Waals surface area contributed by atoms with Crippen LogP contribution >= 0.6 is 0 Å². The molecule has 0 heterocycles. The van der Waals surface area contributed by atoms with Gasteiger partial charge in [0.2, 0.25) is 0 Å². The van der Waals surface area contributed by atoms with Gasteiger partial charge < -0.3 is 0 Å². The standard InChI is InChI=1S/C19H36/c1-7-10-16-18(5,8-2)14-11-15-17(3,4)12-9-13-19(15,16)6/h15-16H,7-14H2,1-6H3/t15?,16?,18-,19?/m1/s1. The summed E-state index contributed by atoms with van der Waals surface area (Å²) >= 11 is 0. The van der Waals surface area contributed by atoms with Crippen molar-refractivity contribution in [1.82, 2.24) is 0 Å². The summed E-state index contributed by atoms with van der Waals surface area (Å²) in [5.41, 5.74) is 1.80. The summed E-state index contributed by atoms with van der Waals surface area (Å²) in [6.45, 7) is 15.2. The van der Waals surface area contributed by atoms with Gasteiger partial charge in [-0.1, -0.05) is 60.8 Å². The van der Waals surface area contributed by atoms with Crippen molar-refractivity contribution in [2.24, 2.45) is 28.1 Å². The fraction of sp³-hybridized carbons (Fsp3) is 1.00. The monoisotopic (exact) mass is 264 g/mol. The zero-order valence-electron chi connectivity index (χ0n) is 14.3. The van der Waals surface area contributed by atoms with Crippen LogP contribution in [0.2, 0.25) is 0 Å². The topological polar surface area (TPSA) is 0 Å². The summed E-state index contributed by atoms with van der Waals surface area (Å²) in [7, 11) is 0. The molecule has 2 rings (SSSR count). The molecule has 2 saturated carbocycles. The summed E-state index contributed by atoms with van der Waals surface area (Å²) in [6, 6.07) is 0. The highest BCUT2D eigenvalue weighted by molar-refractivity contribution is 5.06. The highest BCUT2D eigenvalue weighted by Gasteiger charge is 2.56. The average molecular weight is 264 g/mol. The normalized spacial score (nSPS) is 45.8. The predicted octanol–water partition coefficient (Wildman–Crippen LogP) is 6.45.